The van der Waals surface area contributed by atoms with E-state index in [-0.39, 0.29) is 5.38 Å². The van der Waals surface area contributed by atoms with Crippen LogP contribution in [0.2, 0.25) is 0 Å². The molecule has 2 aromatic rings. The Bertz CT molecular complexity index is 530. The average molecular weight is 434 g/mol. The van der Waals surface area contributed by atoms with Gasteiger partial charge >= 0.3 is 0 Å². The van der Waals surface area contributed by atoms with Crippen molar-refractivity contribution in [3.8, 4) is 0 Å². The number of hydrogen-bond donors (Lipinski definition) is 0. The molecule has 0 atom stereocenters. The van der Waals surface area contributed by atoms with Gasteiger partial charge in [0.1, 0.15) is 0 Å². The van der Waals surface area contributed by atoms with Crippen LogP contribution in [0.3, 0.4) is 0 Å². The van der Waals surface area contributed by atoms with Crippen LogP contribution in [0, 0.1) is 20.5 Å². The maximum Gasteiger partial charge on any atom is 0.170 e. The van der Waals surface area contributed by atoms with Gasteiger partial charge in [0.25, 0.3) is 0 Å². The topological polar surface area (TPSA) is 192 Å². The van der Waals surface area contributed by atoms with Crippen molar-refractivity contribution >= 4 is 11.6 Å². The van der Waals surface area contributed by atoms with Crippen LogP contribution in [-0.4, -0.2) is 5.38 Å². The van der Waals surface area contributed by atoms with Crippen LogP contribution < -0.4 is 46.4 Å². The van der Waals surface area contributed by atoms with E-state index in [4.69, 9.17) is 48.9 Å². The number of hydrogen-bond acceptors (Lipinski definition) is 8. The lowest BCUT2D eigenvalue weighted by Crippen LogP contribution is -2.68. The van der Waals surface area contributed by atoms with Gasteiger partial charge < -0.3 is 0 Å². The van der Waals surface area contributed by atoms with Gasteiger partial charge in [-0.15, -0.1) is 32.1 Å². The maximum atomic E-state index is 8.49. The van der Waals surface area contributed by atoms with Gasteiger partial charge in [0.2, 0.25) is 0 Å². The van der Waals surface area contributed by atoms with E-state index >= 15 is 0 Å². The normalized spacial score (nSPS) is 11.2. The van der Waals surface area contributed by atoms with Crippen LogP contribution in [0.5, 0.6) is 0 Å². The van der Waals surface area contributed by atoms with E-state index in [9.17, 15) is 0 Å². The van der Waals surface area contributed by atoms with Crippen molar-refractivity contribution in [3.63, 3.8) is 0 Å². The first-order valence-electron chi connectivity index (χ1n) is 6.60. The molecule has 0 aromatic carbocycles. The van der Waals surface area contributed by atoms with Crippen LogP contribution in [0.4, 0.5) is 0 Å². The van der Waals surface area contributed by atoms with Crippen molar-refractivity contribution in [1.82, 2.24) is 0 Å². The van der Waals surface area contributed by atoms with Gasteiger partial charge in [-0.05, 0) is 0 Å². The molecule has 0 saturated heterocycles. The summed E-state index contributed by atoms with van der Waals surface area (Å²) in [7, 11) is -9.89. The second-order valence-corrected chi connectivity index (χ2v) is 6.63. The molecule has 0 spiro atoms. The van der Waals surface area contributed by atoms with Crippen molar-refractivity contribution < 1.29 is 66.9 Å². The van der Waals surface area contributed by atoms with Crippen LogP contribution in [0.1, 0.15) is 0 Å². The number of nitrogens with zero attached hydrogens (tertiary/aromatic N) is 2. The van der Waals surface area contributed by atoms with Gasteiger partial charge in [0, 0.05) is 24.3 Å². The smallest absolute Gasteiger partial charge is 0.170 e. The van der Waals surface area contributed by atoms with Gasteiger partial charge in [-0.2, -0.15) is 0 Å². The molecule has 13 heteroatoms. The van der Waals surface area contributed by atoms with E-state index in [0.717, 1.165) is 13.1 Å². The summed E-state index contributed by atoms with van der Waals surface area (Å²) in [5.41, 5.74) is 0. The molecule has 0 N–H and O–H groups in total. The highest BCUT2D eigenvalue weighted by Crippen LogP contribution is 1.96. The van der Waals surface area contributed by atoms with Gasteiger partial charge in [0.15, 0.2) is 43.3 Å². The Labute approximate surface area is 158 Å². The predicted octanol–water partition coefficient (Wildman–Crippen LogP) is -7.94. The molecular weight excluding hydrogens is 419 g/mol. The zero-order valence-corrected chi connectivity index (χ0v) is 15.3. The molecule has 0 aliphatic carbocycles. The van der Waals surface area contributed by atoms with Crippen molar-refractivity contribution in [2.45, 2.75) is 18.5 Å². The van der Waals surface area contributed by atoms with Gasteiger partial charge in [-0.3, -0.25) is 0 Å². The quantitative estimate of drug-likeness (QED) is 0.335. The fraction of sp³-hybridized carbons (Fsp3) is 0.231. The molecule has 2 heterocycles. The van der Waals surface area contributed by atoms with Gasteiger partial charge in [-0.25, -0.2) is 46.4 Å². The molecule has 0 bridgehead atoms. The summed E-state index contributed by atoms with van der Waals surface area (Å²) >= 11 is 6.31. The Morgan fingerprint density at radius 1 is 0.577 bits per heavy atom. The Kier molecular flexibility index (Phi) is 11.7. The molecule has 0 unspecified atom stereocenters. The zero-order valence-electron chi connectivity index (χ0n) is 13.1. The largest absolute Gasteiger partial charge is 0.222 e. The number of aromatic nitrogens is 2. The van der Waals surface area contributed by atoms with E-state index < -0.39 is 20.5 Å². The summed E-state index contributed by atoms with van der Waals surface area (Å²) in [6.45, 7) is 1.65. The zero-order chi connectivity index (χ0) is 20.2. The number of rotatable bonds is 4. The van der Waals surface area contributed by atoms with Gasteiger partial charge in [-0.1, -0.05) is 12.1 Å². The number of alkyl halides is 1. The second-order valence-electron chi connectivity index (χ2n) is 4.50. The Hall–Kier alpha value is -1.15. The molecule has 26 heavy (non-hydrogen) atoms. The lowest BCUT2D eigenvalue weighted by Gasteiger charge is -2.17. The van der Waals surface area contributed by atoms with E-state index in [2.05, 4.69) is 9.13 Å². The van der Waals surface area contributed by atoms with Crippen LogP contribution in [0.25, 0.3) is 0 Å². The SMILES string of the molecule is ClC(C[n+]1ccccc1)C[n+]1ccccc1.[O-][Cl+3]([O-])([O-])[O-].[O-][Cl+3]([O-])([O-])[O-]. The van der Waals surface area contributed by atoms with E-state index in [1.807, 2.05) is 61.2 Å². The minimum Gasteiger partial charge on any atom is -0.222 e. The van der Waals surface area contributed by atoms with E-state index in [1.165, 1.54) is 0 Å². The maximum absolute atomic E-state index is 8.49. The van der Waals surface area contributed by atoms with Crippen molar-refractivity contribution in [2.75, 3.05) is 0 Å². The van der Waals surface area contributed by atoms with Crippen molar-refractivity contribution in [2.24, 2.45) is 0 Å². The summed E-state index contributed by atoms with van der Waals surface area (Å²) in [4.78, 5) is 0. The summed E-state index contributed by atoms with van der Waals surface area (Å²) in [5.74, 6) is 0. The molecule has 2 rings (SSSR count). The first-order chi connectivity index (χ1) is 11.8. The number of pyridine rings is 2. The summed E-state index contributed by atoms with van der Waals surface area (Å²) in [6.07, 6.45) is 8.13. The molecule has 0 saturated carbocycles. The van der Waals surface area contributed by atoms with E-state index in [1.54, 1.807) is 0 Å². The molecule has 0 fully saturated rings. The Balaban J connectivity index is 0.000000520. The summed E-state index contributed by atoms with van der Waals surface area (Å²) < 4.78 is 72.1. The van der Waals surface area contributed by atoms with Crippen molar-refractivity contribution in [3.05, 3.63) is 61.2 Å². The third-order valence-electron chi connectivity index (χ3n) is 2.37. The molecule has 0 aliphatic heterocycles. The molecule has 0 amide bonds. The van der Waals surface area contributed by atoms with Crippen LogP contribution in [-0.2, 0) is 13.1 Å². The average Bonchev–Trinajstić information content (AvgIpc) is 2.45. The monoisotopic (exact) mass is 432 g/mol. The summed E-state index contributed by atoms with van der Waals surface area (Å²) in [6, 6.07) is 12.1. The second kappa shape index (κ2) is 12.3. The van der Waals surface area contributed by atoms with E-state index in [0.29, 0.717) is 0 Å². The molecule has 0 aliphatic rings. The third kappa shape index (κ3) is 20.9. The molecule has 10 nitrogen and oxygen atoms in total. The Morgan fingerprint density at radius 2 is 0.808 bits per heavy atom. The van der Waals surface area contributed by atoms with Crippen LogP contribution >= 0.6 is 11.6 Å². The lowest BCUT2D eigenvalue weighted by atomic mass is 10.3. The first-order valence-corrected chi connectivity index (χ1v) is 9.51. The molecule has 2 aromatic heterocycles. The summed E-state index contributed by atoms with van der Waals surface area (Å²) in [5, 5.41) is 0.0970. The standard InChI is InChI=1S/C13H15ClN2.2ClHO4/c14-13(11-15-7-3-1-4-8-15)12-16-9-5-2-6-10-16;2*2-1(3,4)5/h1-10,13H,11-12H2;2*(H,2,3,4,5)/q+2;;/p-2. The number of halogens is 3. The van der Waals surface area contributed by atoms with Crippen LogP contribution in [0.15, 0.2) is 61.2 Å². The molecule has 146 valence electrons. The highest BCUT2D eigenvalue weighted by Gasteiger charge is 2.15. The molecule has 0 radical (unpaired) electrons. The van der Waals surface area contributed by atoms with Crippen molar-refractivity contribution in [1.29, 1.82) is 0 Å². The lowest BCUT2D eigenvalue weighted by molar-refractivity contribution is -2.00. The van der Waals surface area contributed by atoms with Gasteiger partial charge in [0.05, 0.1) is 0 Å². The molecular formula is C13H15Cl3N2O8. The fourth-order valence-corrected chi connectivity index (χ4v) is 1.95. The highest BCUT2D eigenvalue weighted by molar-refractivity contribution is 6.20. The Morgan fingerprint density at radius 3 is 1.04 bits per heavy atom. The first kappa shape index (κ1) is 24.8. The highest BCUT2D eigenvalue weighted by atomic mass is 35.7. The fourth-order valence-electron chi connectivity index (χ4n) is 1.63. The predicted molar refractivity (Wildman–Crippen MR) is 62.9 cm³/mol. The third-order valence-corrected chi connectivity index (χ3v) is 2.65. The minimum absolute atomic E-state index is 0.0970. The minimum atomic E-state index is -4.94.